The Bertz CT molecular complexity index is 937. The summed E-state index contributed by atoms with van der Waals surface area (Å²) in [5.41, 5.74) is 2.70. The smallest absolute Gasteiger partial charge is 0.248 e. The summed E-state index contributed by atoms with van der Waals surface area (Å²) < 4.78 is -0.676. The van der Waals surface area contributed by atoms with Gasteiger partial charge in [0.1, 0.15) is 6.04 Å². The number of aryl methyl sites for hydroxylation is 2. The molecule has 7 atom stereocenters. The summed E-state index contributed by atoms with van der Waals surface area (Å²) >= 11 is 1.63. The van der Waals surface area contributed by atoms with Crippen LogP contribution in [-0.4, -0.2) is 63.5 Å². The van der Waals surface area contributed by atoms with E-state index in [-0.39, 0.29) is 35.5 Å². The number of aliphatic hydroxyl groups excluding tert-OH is 1. The average molecular weight is 446 g/mol. The number of carbonyl (C=O) groups excluding carboxylic acids is 3. The lowest BCUT2D eigenvalue weighted by Crippen LogP contribution is -2.56. The molecule has 0 aromatic heterocycles. The first-order valence-electron chi connectivity index (χ1n) is 10.9. The zero-order valence-corrected chi connectivity index (χ0v) is 19.5. The maximum atomic E-state index is 13.8. The molecular weight excluding hydrogens is 414 g/mol. The molecule has 4 rings (SSSR count). The Morgan fingerprint density at radius 2 is 2.03 bits per heavy atom. The summed E-state index contributed by atoms with van der Waals surface area (Å²) in [7, 11) is 1.59. The minimum atomic E-state index is -0.744. The number of nitrogens with zero attached hydrogens (tertiary/aromatic N) is 1. The predicted molar refractivity (Wildman–Crippen MR) is 121 cm³/mol. The number of carbonyl (C=O) groups is 3. The van der Waals surface area contributed by atoms with Crippen molar-refractivity contribution in [3.05, 3.63) is 29.3 Å². The minimum Gasteiger partial charge on any atom is -0.394 e. The molecule has 31 heavy (non-hydrogen) atoms. The molecule has 8 heteroatoms. The van der Waals surface area contributed by atoms with Gasteiger partial charge >= 0.3 is 0 Å². The van der Waals surface area contributed by atoms with Gasteiger partial charge in [-0.15, -0.1) is 11.8 Å². The van der Waals surface area contributed by atoms with Gasteiger partial charge in [0.2, 0.25) is 17.7 Å². The number of hydrogen-bond acceptors (Lipinski definition) is 5. The first-order valence-corrected chi connectivity index (χ1v) is 11.8. The number of thioether (sulfide) groups is 1. The monoisotopic (exact) mass is 445 g/mol. The molecule has 3 saturated heterocycles. The van der Waals surface area contributed by atoms with Crippen molar-refractivity contribution in [1.82, 2.24) is 10.2 Å². The number of nitrogens with one attached hydrogen (secondary N) is 2. The van der Waals surface area contributed by atoms with Gasteiger partial charge < -0.3 is 20.6 Å². The van der Waals surface area contributed by atoms with Gasteiger partial charge in [0, 0.05) is 18.0 Å². The molecule has 0 radical (unpaired) electrons. The molecule has 3 aliphatic heterocycles. The zero-order chi connectivity index (χ0) is 22.7. The average Bonchev–Trinajstić information content (AvgIpc) is 3.33. The highest BCUT2D eigenvalue weighted by Crippen LogP contribution is 2.68. The van der Waals surface area contributed by atoms with Crippen molar-refractivity contribution in [2.24, 2.45) is 17.8 Å². The summed E-state index contributed by atoms with van der Waals surface area (Å²) in [5, 5.41) is 15.7. The lowest BCUT2D eigenvalue weighted by Gasteiger charge is -2.39. The van der Waals surface area contributed by atoms with E-state index in [0.29, 0.717) is 0 Å². The molecule has 3 fully saturated rings. The van der Waals surface area contributed by atoms with Crippen LogP contribution in [0.2, 0.25) is 0 Å². The lowest BCUT2D eigenvalue weighted by molar-refractivity contribution is -0.141. The number of aliphatic hydroxyl groups is 1. The number of fused-ring (bicyclic) bond motifs is 1. The third kappa shape index (κ3) is 3.09. The van der Waals surface area contributed by atoms with E-state index < -0.39 is 28.7 Å². The fourth-order valence-electron chi connectivity index (χ4n) is 5.86. The highest BCUT2D eigenvalue weighted by Gasteiger charge is 2.76. The number of rotatable bonds is 5. The lowest BCUT2D eigenvalue weighted by atomic mass is 9.66. The molecular formula is C23H31N3O4S. The Hall–Kier alpha value is -2.06. The molecule has 2 bridgehead atoms. The normalized spacial score (nSPS) is 34.6. The Labute approximate surface area is 187 Å². The van der Waals surface area contributed by atoms with Gasteiger partial charge in [0.25, 0.3) is 0 Å². The van der Waals surface area contributed by atoms with Crippen LogP contribution in [0, 0.1) is 31.6 Å². The van der Waals surface area contributed by atoms with Crippen LogP contribution in [0.1, 0.15) is 31.4 Å². The van der Waals surface area contributed by atoms with E-state index in [9.17, 15) is 19.5 Å². The van der Waals surface area contributed by atoms with Crippen LogP contribution in [0.4, 0.5) is 5.69 Å². The van der Waals surface area contributed by atoms with Crippen molar-refractivity contribution in [3.63, 3.8) is 0 Å². The molecule has 0 saturated carbocycles. The Kier molecular flexibility index (Phi) is 5.58. The molecule has 3 heterocycles. The standard InChI is InChI=1S/C23H31N3O4S/c1-11-6-7-12(2)15(8-11)25-21(29)19-23-13(3)9-16(31-23)17(20(28)24-5)18(23)22(30)26(19)14(4)10-27/h6-8,13-14,16-19,27H,9-10H2,1-5H3,(H,24,28)(H,25,29)/t13?,14-,16-,17+,18+,19?,23?/m1/s1. The van der Waals surface area contributed by atoms with Gasteiger partial charge in [-0.2, -0.15) is 0 Å². The highest BCUT2D eigenvalue weighted by molar-refractivity contribution is 8.02. The topological polar surface area (TPSA) is 98.7 Å². The van der Waals surface area contributed by atoms with Crippen LogP contribution in [0.25, 0.3) is 0 Å². The van der Waals surface area contributed by atoms with Crippen molar-refractivity contribution >= 4 is 35.2 Å². The van der Waals surface area contributed by atoms with Crippen molar-refractivity contribution in [1.29, 1.82) is 0 Å². The molecule has 1 spiro atoms. The van der Waals surface area contributed by atoms with E-state index in [1.807, 2.05) is 32.0 Å². The van der Waals surface area contributed by atoms with E-state index in [0.717, 1.165) is 23.2 Å². The van der Waals surface area contributed by atoms with Gasteiger partial charge in [-0.25, -0.2) is 0 Å². The molecule has 1 aromatic carbocycles. The molecule has 3 aliphatic rings. The summed E-state index contributed by atoms with van der Waals surface area (Å²) in [4.78, 5) is 41.7. The third-order valence-electron chi connectivity index (χ3n) is 7.37. The molecule has 0 aliphatic carbocycles. The fraction of sp³-hybridized carbons (Fsp3) is 0.609. The second-order valence-electron chi connectivity index (χ2n) is 9.25. The Balaban J connectivity index is 1.78. The predicted octanol–water partition coefficient (Wildman–Crippen LogP) is 1.71. The molecule has 1 aromatic rings. The van der Waals surface area contributed by atoms with Crippen molar-refractivity contribution in [3.8, 4) is 0 Å². The molecule has 168 valence electrons. The van der Waals surface area contributed by atoms with Crippen LogP contribution in [0.15, 0.2) is 18.2 Å². The van der Waals surface area contributed by atoms with Crippen molar-refractivity contribution in [2.45, 2.75) is 56.2 Å². The second-order valence-corrected chi connectivity index (χ2v) is 10.8. The third-order valence-corrected chi connectivity index (χ3v) is 9.45. The quantitative estimate of drug-likeness (QED) is 0.641. The maximum absolute atomic E-state index is 13.8. The molecule has 3 unspecified atom stereocenters. The van der Waals surface area contributed by atoms with Crippen molar-refractivity contribution in [2.75, 3.05) is 19.0 Å². The highest BCUT2D eigenvalue weighted by atomic mass is 32.2. The van der Waals surface area contributed by atoms with Gasteiger partial charge in [-0.3, -0.25) is 14.4 Å². The van der Waals surface area contributed by atoms with Crippen LogP contribution >= 0.6 is 11.8 Å². The largest absolute Gasteiger partial charge is 0.394 e. The summed E-state index contributed by atoms with van der Waals surface area (Å²) in [6.07, 6.45) is 0.793. The van der Waals surface area contributed by atoms with Gasteiger partial charge in [-0.05, 0) is 50.3 Å². The minimum absolute atomic E-state index is 0.0199. The molecule has 3 amide bonds. The number of amides is 3. The summed E-state index contributed by atoms with van der Waals surface area (Å²) in [6.45, 7) is 7.50. The van der Waals surface area contributed by atoms with Crippen LogP contribution in [0.5, 0.6) is 0 Å². The number of hydrogen-bond donors (Lipinski definition) is 3. The van der Waals surface area contributed by atoms with Crippen molar-refractivity contribution < 1.29 is 19.5 Å². The van der Waals surface area contributed by atoms with Crippen LogP contribution < -0.4 is 10.6 Å². The number of benzene rings is 1. The van der Waals surface area contributed by atoms with E-state index in [1.54, 1.807) is 30.6 Å². The second kappa shape index (κ2) is 7.81. The summed E-state index contributed by atoms with van der Waals surface area (Å²) in [6, 6.07) is 4.61. The first-order chi connectivity index (χ1) is 14.7. The van der Waals surface area contributed by atoms with Crippen LogP contribution in [-0.2, 0) is 14.4 Å². The molecule has 7 nitrogen and oxygen atoms in total. The SMILES string of the molecule is CNC(=O)[C@@H]1[C@H]2C(=O)N([C@H](C)CO)C(C(=O)Nc3cc(C)ccc3C)C23S[C@@H]1CC3C. The zero-order valence-electron chi connectivity index (χ0n) is 18.6. The van der Waals surface area contributed by atoms with E-state index in [1.165, 1.54) is 0 Å². The number of anilines is 1. The Morgan fingerprint density at radius 1 is 1.32 bits per heavy atom. The Morgan fingerprint density at radius 3 is 2.68 bits per heavy atom. The van der Waals surface area contributed by atoms with E-state index in [2.05, 4.69) is 17.6 Å². The van der Waals surface area contributed by atoms with Gasteiger partial charge in [0.05, 0.1) is 29.2 Å². The van der Waals surface area contributed by atoms with E-state index >= 15 is 0 Å². The number of likely N-dealkylation sites (tertiary alicyclic amines) is 1. The maximum Gasteiger partial charge on any atom is 0.248 e. The van der Waals surface area contributed by atoms with Gasteiger partial charge in [0.15, 0.2) is 0 Å². The fourth-order valence-corrected chi connectivity index (χ4v) is 8.27. The van der Waals surface area contributed by atoms with E-state index in [4.69, 9.17) is 0 Å². The molecule has 3 N–H and O–H groups in total. The van der Waals surface area contributed by atoms with Crippen LogP contribution in [0.3, 0.4) is 0 Å². The summed E-state index contributed by atoms with van der Waals surface area (Å²) in [5.74, 6) is -1.50. The first kappa shape index (κ1) is 22.1. The van der Waals surface area contributed by atoms with Gasteiger partial charge in [-0.1, -0.05) is 19.1 Å².